The van der Waals surface area contributed by atoms with Crippen LogP contribution in [0.1, 0.15) is 51.2 Å². The highest BCUT2D eigenvalue weighted by Gasteiger charge is 2.20. The molecule has 1 atom stereocenters. The minimum Gasteiger partial charge on any atom is -0.377 e. The first-order valence-corrected chi connectivity index (χ1v) is 8.86. The third-order valence-corrected chi connectivity index (χ3v) is 4.52. The molecule has 1 aromatic heterocycles. The Morgan fingerprint density at radius 3 is 3.00 bits per heavy atom. The molecule has 0 aromatic carbocycles. The lowest BCUT2D eigenvalue weighted by molar-refractivity contribution is 0.00335. The van der Waals surface area contributed by atoms with Gasteiger partial charge in [0.15, 0.2) is 0 Å². The van der Waals surface area contributed by atoms with Crippen molar-refractivity contribution in [2.75, 3.05) is 19.7 Å². The molecule has 0 saturated carbocycles. The molecule has 4 nitrogen and oxygen atoms in total. The van der Waals surface area contributed by atoms with Crippen molar-refractivity contribution < 1.29 is 4.74 Å². The summed E-state index contributed by atoms with van der Waals surface area (Å²) in [5.41, 5.74) is 1.34. The summed E-state index contributed by atoms with van der Waals surface area (Å²) >= 11 is 1.76. The van der Waals surface area contributed by atoms with E-state index in [4.69, 9.17) is 9.72 Å². The van der Waals surface area contributed by atoms with Crippen molar-refractivity contribution in [2.24, 2.45) is 0 Å². The van der Waals surface area contributed by atoms with Gasteiger partial charge in [0.05, 0.1) is 11.8 Å². The normalized spacial score (nSPS) is 20.9. The Morgan fingerprint density at radius 2 is 2.29 bits per heavy atom. The highest BCUT2D eigenvalue weighted by molar-refractivity contribution is 7.09. The van der Waals surface area contributed by atoms with Crippen LogP contribution in [0, 0.1) is 0 Å². The van der Waals surface area contributed by atoms with Crippen molar-refractivity contribution in [1.82, 2.24) is 15.2 Å². The van der Waals surface area contributed by atoms with Gasteiger partial charge in [-0.25, -0.2) is 4.98 Å². The van der Waals surface area contributed by atoms with E-state index >= 15 is 0 Å². The summed E-state index contributed by atoms with van der Waals surface area (Å²) in [6.07, 6.45) is 2.83. The summed E-state index contributed by atoms with van der Waals surface area (Å²) < 4.78 is 5.76. The Balaban J connectivity index is 1.81. The second kappa shape index (κ2) is 7.68. The molecule has 0 radical (unpaired) electrons. The van der Waals surface area contributed by atoms with E-state index in [9.17, 15) is 0 Å². The predicted octanol–water partition coefficient (Wildman–Crippen LogP) is 3.03. The molecule has 1 fully saturated rings. The molecule has 2 heterocycles. The van der Waals surface area contributed by atoms with Gasteiger partial charge in [-0.05, 0) is 47.1 Å². The molecule has 2 rings (SSSR count). The van der Waals surface area contributed by atoms with E-state index in [0.29, 0.717) is 6.10 Å². The molecule has 0 spiro atoms. The number of nitrogens with zero attached hydrogens (tertiary/aromatic N) is 2. The summed E-state index contributed by atoms with van der Waals surface area (Å²) in [6.45, 7) is 13.5. The average molecular weight is 311 g/mol. The van der Waals surface area contributed by atoms with Gasteiger partial charge in [-0.15, -0.1) is 11.3 Å². The van der Waals surface area contributed by atoms with Crippen LogP contribution in [0.15, 0.2) is 5.38 Å². The molecule has 0 aliphatic carbocycles. The molecule has 1 aliphatic rings. The molecular formula is C16H29N3OS. The summed E-state index contributed by atoms with van der Waals surface area (Å²) in [5, 5.41) is 6.87. The number of thiazole rings is 1. The number of likely N-dealkylation sites (tertiary alicyclic amines) is 1. The molecule has 0 bridgehead atoms. The van der Waals surface area contributed by atoms with Crippen molar-refractivity contribution in [3.8, 4) is 0 Å². The van der Waals surface area contributed by atoms with Crippen LogP contribution >= 0.6 is 11.3 Å². The number of rotatable bonds is 6. The maximum Gasteiger partial charge on any atom is 0.107 e. The summed E-state index contributed by atoms with van der Waals surface area (Å²) in [7, 11) is 0. The lowest BCUT2D eigenvalue weighted by Crippen LogP contribution is -2.39. The first kappa shape index (κ1) is 16.9. The number of aromatic nitrogens is 1. The third kappa shape index (κ3) is 6.02. The Morgan fingerprint density at radius 1 is 1.48 bits per heavy atom. The molecular weight excluding hydrogens is 282 g/mol. The topological polar surface area (TPSA) is 37.4 Å². The summed E-state index contributed by atoms with van der Waals surface area (Å²) in [4.78, 5) is 7.22. The van der Waals surface area contributed by atoms with Crippen molar-refractivity contribution in [3.63, 3.8) is 0 Å². The number of hydrogen-bond donors (Lipinski definition) is 1. The van der Waals surface area contributed by atoms with Crippen molar-refractivity contribution in [3.05, 3.63) is 16.1 Å². The number of hydrogen-bond acceptors (Lipinski definition) is 5. The molecule has 1 saturated heterocycles. The van der Waals surface area contributed by atoms with E-state index in [1.165, 1.54) is 23.5 Å². The van der Waals surface area contributed by atoms with E-state index in [1.54, 1.807) is 11.3 Å². The molecule has 120 valence electrons. The largest absolute Gasteiger partial charge is 0.377 e. The quantitative estimate of drug-likeness (QED) is 0.876. The van der Waals surface area contributed by atoms with Crippen molar-refractivity contribution in [1.29, 1.82) is 0 Å². The molecule has 21 heavy (non-hydrogen) atoms. The van der Waals surface area contributed by atoms with Gasteiger partial charge in [0.25, 0.3) is 0 Å². The zero-order valence-electron chi connectivity index (χ0n) is 13.8. The standard InChI is InChI=1S/C16H29N3OS/c1-5-20-14-7-6-8-19(11-14)10-13-12-21-15(18-13)9-17-16(2,3)4/h12,14,17H,5-11H2,1-4H3. The minimum absolute atomic E-state index is 0.142. The second-order valence-electron chi connectivity index (χ2n) is 6.79. The van der Waals surface area contributed by atoms with Crippen LogP contribution in [-0.4, -0.2) is 41.2 Å². The van der Waals surface area contributed by atoms with E-state index < -0.39 is 0 Å². The molecule has 5 heteroatoms. The predicted molar refractivity (Wildman–Crippen MR) is 88.6 cm³/mol. The van der Waals surface area contributed by atoms with Gasteiger partial charge in [0.2, 0.25) is 0 Å². The van der Waals surface area contributed by atoms with Gasteiger partial charge in [-0.1, -0.05) is 0 Å². The van der Waals surface area contributed by atoms with Gasteiger partial charge in [0.1, 0.15) is 5.01 Å². The first-order chi connectivity index (χ1) is 9.96. The van der Waals surface area contributed by atoms with Gasteiger partial charge < -0.3 is 10.1 Å². The first-order valence-electron chi connectivity index (χ1n) is 7.98. The van der Waals surface area contributed by atoms with E-state index in [1.807, 2.05) is 0 Å². The van der Waals surface area contributed by atoms with E-state index in [-0.39, 0.29) is 5.54 Å². The zero-order chi connectivity index (χ0) is 15.3. The number of nitrogens with one attached hydrogen (secondary N) is 1. The van der Waals surface area contributed by atoms with Gasteiger partial charge in [0, 0.05) is 37.2 Å². The Kier molecular flexibility index (Phi) is 6.17. The molecule has 0 amide bonds. The summed E-state index contributed by atoms with van der Waals surface area (Å²) in [6, 6.07) is 0. The summed E-state index contributed by atoms with van der Waals surface area (Å²) in [5.74, 6) is 0. The molecule has 1 N–H and O–H groups in total. The van der Waals surface area contributed by atoms with Crippen molar-refractivity contribution in [2.45, 2.75) is 65.3 Å². The number of ether oxygens (including phenoxy) is 1. The molecule has 1 aromatic rings. The zero-order valence-corrected chi connectivity index (χ0v) is 14.6. The van der Waals surface area contributed by atoms with Gasteiger partial charge in [-0.3, -0.25) is 4.90 Å². The van der Waals surface area contributed by atoms with E-state index in [0.717, 1.165) is 32.8 Å². The fourth-order valence-corrected chi connectivity index (χ4v) is 3.33. The van der Waals surface area contributed by atoms with Crippen LogP contribution in [0.4, 0.5) is 0 Å². The van der Waals surface area contributed by atoms with Crippen LogP contribution in [0.25, 0.3) is 0 Å². The lowest BCUT2D eigenvalue weighted by atomic mass is 10.1. The molecule has 1 unspecified atom stereocenters. The number of piperidine rings is 1. The Bertz CT molecular complexity index is 425. The third-order valence-electron chi connectivity index (χ3n) is 3.62. The SMILES string of the molecule is CCOC1CCCN(Cc2csc(CNC(C)(C)C)n2)C1. The van der Waals surface area contributed by atoms with E-state index in [2.05, 4.69) is 43.3 Å². The Labute approximate surface area is 132 Å². The van der Waals surface area contributed by atoms with Gasteiger partial charge in [-0.2, -0.15) is 0 Å². The van der Waals surface area contributed by atoms with Crippen LogP contribution in [0.2, 0.25) is 0 Å². The maximum absolute atomic E-state index is 5.76. The highest BCUT2D eigenvalue weighted by Crippen LogP contribution is 2.18. The van der Waals surface area contributed by atoms with Crippen LogP contribution < -0.4 is 5.32 Å². The minimum atomic E-state index is 0.142. The fraction of sp³-hybridized carbons (Fsp3) is 0.812. The highest BCUT2D eigenvalue weighted by atomic mass is 32.1. The average Bonchev–Trinajstić information content (AvgIpc) is 2.84. The van der Waals surface area contributed by atoms with Crippen molar-refractivity contribution >= 4 is 11.3 Å². The second-order valence-corrected chi connectivity index (χ2v) is 7.73. The van der Waals surface area contributed by atoms with Crippen LogP contribution in [0.5, 0.6) is 0 Å². The fourth-order valence-electron chi connectivity index (χ4n) is 2.60. The smallest absolute Gasteiger partial charge is 0.107 e. The van der Waals surface area contributed by atoms with Gasteiger partial charge >= 0.3 is 0 Å². The van der Waals surface area contributed by atoms with Crippen LogP contribution in [-0.2, 0) is 17.8 Å². The monoisotopic (exact) mass is 311 g/mol. The van der Waals surface area contributed by atoms with Crippen LogP contribution in [0.3, 0.4) is 0 Å². The Hall–Kier alpha value is -0.490. The maximum atomic E-state index is 5.76. The lowest BCUT2D eigenvalue weighted by Gasteiger charge is -2.31. The molecule has 1 aliphatic heterocycles.